The first-order valence-corrected chi connectivity index (χ1v) is 9.20. The van der Waals surface area contributed by atoms with Gasteiger partial charge in [-0.25, -0.2) is 4.79 Å². The second-order valence-corrected chi connectivity index (χ2v) is 6.37. The van der Waals surface area contributed by atoms with Crippen LogP contribution in [0.15, 0.2) is 48.8 Å². The van der Waals surface area contributed by atoms with Crippen molar-refractivity contribution in [3.63, 3.8) is 0 Å². The Labute approximate surface area is 154 Å². The summed E-state index contributed by atoms with van der Waals surface area (Å²) in [6.07, 6.45) is 3.95. The first-order valence-electron chi connectivity index (χ1n) is 9.20. The van der Waals surface area contributed by atoms with E-state index in [1.807, 2.05) is 81.9 Å². The van der Waals surface area contributed by atoms with Gasteiger partial charge in [0.2, 0.25) is 0 Å². The zero-order valence-corrected chi connectivity index (χ0v) is 15.5. The highest BCUT2D eigenvalue weighted by atomic mass is 16.2. The van der Waals surface area contributed by atoms with Crippen LogP contribution < -0.4 is 0 Å². The smallest absolute Gasteiger partial charge is 0.320 e. The molecule has 1 saturated heterocycles. The molecular formula is C20H26N4O2. The summed E-state index contributed by atoms with van der Waals surface area (Å²) in [5.74, 6) is 0.0268. The maximum Gasteiger partial charge on any atom is 0.320 e. The number of piperazine rings is 1. The topological polar surface area (TPSA) is 48.8 Å². The lowest BCUT2D eigenvalue weighted by atomic mass is 10.1. The van der Waals surface area contributed by atoms with E-state index in [0.717, 1.165) is 5.69 Å². The molecular weight excluding hydrogens is 328 g/mol. The molecule has 0 N–H and O–H groups in total. The number of carbonyl (C=O) groups excluding carboxylic acids is 2. The standard InChI is InChI=1S/C20H26N4O2/c1-3-21(4-2)20(26)24-15-13-23(14-16-24)19(25)17-7-9-18(10-8-17)22-11-5-6-12-22/h5-12H,3-4,13-16H2,1-2H3. The predicted molar refractivity (Wildman–Crippen MR) is 102 cm³/mol. The Morgan fingerprint density at radius 2 is 1.42 bits per heavy atom. The number of rotatable bonds is 4. The molecule has 0 radical (unpaired) electrons. The summed E-state index contributed by atoms with van der Waals surface area (Å²) in [7, 11) is 0. The van der Waals surface area contributed by atoms with Gasteiger partial charge in [0.15, 0.2) is 0 Å². The Balaban J connectivity index is 1.59. The molecule has 1 fully saturated rings. The molecule has 0 spiro atoms. The summed E-state index contributed by atoms with van der Waals surface area (Å²) in [6, 6.07) is 11.6. The first-order chi connectivity index (χ1) is 12.6. The van der Waals surface area contributed by atoms with Gasteiger partial charge in [0, 0.05) is 62.9 Å². The Hall–Kier alpha value is -2.76. The Morgan fingerprint density at radius 1 is 0.885 bits per heavy atom. The van der Waals surface area contributed by atoms with Crippen molar-refractivity contribution < 1.29 is 9.59 Å². The van der Waals surface area contributed by atoms with E-state index in [1.165, 1.54) is 0 Å². The SMILES string of the molecule is CCN(CC)C(=O)N1CCN(C(=O)c2ccc(-n3cccc3)cc2)CC1. The number of amides is 3. The third-order valence-corrected chi connectivity index (χ3v) is 4.89. The fourth-order valence-electron chi connectivity index (χ4n) is 3.26. The van der Waals surface area contributed by atoms with Crippen molar-refractivity contribution in [2.24, 2.45) is 0 Å². The lowest BCUT2D eigenvalue weighted by molar-refractivity contribution is 0.0641. The lowest BCUT2D eigenvalue weighted by Gasteiger charge is -2.37. The normalized spacial score (nSPS) is 14.4. The van der Waals surface area contributed by atoms with E-state index < -0.39 is 0 Å². The van der Waals surface area contributed by atoms with Gasteiger partial charge in [0.05, 0.1) is 0 Å². The summed E-state index contributed by atoms with van der Waals surface area (Å²) >= 11 is 0. The highest BCUT2D eigenvalue weighted by Gasteiger charge is 2.26. The van der Waals surface area contributed by atoms with Crippen LogP contribution in [0.1, 0.15) is 24.2 Å². The fourth-order valence-corrected chi connectivity index (χ4v) is 3.26. The van der Waals surface area contributed by atoms with Crippen LogP contribution in [-0.2, 0) is 0 Å². The molecule has 0 atom stereocenters. The van der Waals surface area contributed by atoms with E-state index >= 15 is 0 Å². The third kappa shape index (κ3) is 3.74. The van der Waals surface area contributed by atoms with Gasteiger partial charge in [-0.3, -0.25) is 4.79 Å². The van der Waals surface area contributed by atoms with Crippen molar-refractivity contribution in [2.45, 2.75) is 13.8 Å². The van der Waals surface area contributed by atoms with Gasteiger partial charge in [0.1, 0.15) is 0 Å². The van der Waals surface area contributed by atoms with Gasteiger partial charge < -0.3 is 19.3 Å². The quantitative estimate of drug-likeness (QED) is 0.848. The molecule has 1 aliphatic heterocycles. The number of hydrogen-bond donors (Lipinski definition) is 0. The maximum atomic E-state index is 12.7. The van der Waals surface area contributed by atoms with Gasteiger partial charge >= 0.3 is 6.03 Å². The van der Waals surface area contributed by atoms with Crippen LogP contribution in [0.2, 0.25) is 0 Å². The summed E-state index contributed by atoms with van der Waals surface area (Å²) in [5.41, 5.74) is 1.71. The van der Waals surface area contributed by atoms with Crippen molar-refractivity contribution in [1.82, 2.24) is 19.3 Å². The van der Waals surface area contributed by atoms with Crippen LogP contribution in [0.5, 0.6) is 0 Å². The van der Waals surface area contributed by atoms with Gasteiger partial charge in [-0.05, 0) is 50.2 Å². The lowest BCUT2D eigenvalue weighted by Crippen LogP contribution is -2.54. The third-order valence-electron chi connectivity index (χ3n) is 4.89. The van der Waals surface area contributed by atoms with Crippen LogP contribution >= 0.6 is 0 Å². The van der Waals surface area contributed by atoms with E-state index in [9.17, 15) is 9.59 Å². The molecule has 0 aliphatic carbocycles. The zero-order valence-electron chi connectivity index (χ0n) is 15.5. The second-order valence-electron chi connectivity index (χ2n) is 6.37. The number of benzene rings is 1. The predicted octanol–water partition coefficient (Wildman–Crippen LogP) is 2.70. The van der Waals surface area contributed by atoms with E-state index in [4.69, 9.17) is 0 Å². The number of aromatic nitrogens is 1. The van der Waals surface area contributed by atoms with Crippen LogP contribution in [-0.4, -0.2) is 70.5 Å². The highest BCUT2D eigenvalue weighted by Crippen LogP contribution is 2.14. The molecule has 1 aromatic heterocycles. The summed E-state index contributed by atoms with van der Waals surface area (Å²) in [4.78, 5) is 30.6. The molecule has 3 amide bonds. The van der Waals surface area contributed by atoms with Gasteiger partial charge in [0.25, 0.3) is 5.91 Å². The van der Waals surface area contributed by atoms with Crippen molar-refractivity contribution in [1.29, 1.82) is 0 Å². The van der Waals surface area contributed by atoms with Crippen molar-refractivity contribution in [3.8, 4) is 5.69 Å². The molecule has 1 aromatic carbocycles. The summed E-state index contributed by atoms with van der Waals surface area (Å²) < 4.78 is 2.01. The Kier molecular flexibility index (Phi) is 5.61. The molecule has 1 aliphatic rings. The van der Waals surface area contributed by atoms with Gasteiger partial charge in [-0.2, -0.15) is 0 Å². The minimum absolute atomic E-state index is 0.0268. The van der Waals surface area contributed by atoms with Crippen LogP contribution in [0.3, 0.4) is 0 Å². The van der Waals surface area contributed by atoms with Crippen molar-refractivity contribution >= 4 is 11.9 Å². The van der Waals surface area contributed by atoms with Crippen molar-refractivity contribution in [3.05, 3.63) is 54.4 Å². The average Bonchev–Trinajstić information content (AvgIpc) is 3.23. The minimum Gasteiger partial charge on any atom is -0.335 e. The second kappa shape index (κ2) is 8.08. The van der Waals surface area contributed by atoms with Crippen LogP contribution in [0, 0.1) is 0 Å². The summed E-state index contributed by atoms with van der Waals surface area (Å²) in [6.45, 7) is 7.71. The first kappa shape index (κ1) is 18.0. The Morgan fingerprint density at radius 3 is 1.96 bits per heavy atom. The average molecular weight is 354 g/mol. The molecule has 6 heteroatoms. The van der Waals surface area contributed by atoms with E-state index in [2.05, 4.69) is 0 Å². The fraction of sp³-hybridized carbons (Fsp3) is 0.400. The van der Waals surface area contributed by atoms with E-state index in [-0.39, 0.29) is 11.9 Å². The van der Waals surface area contributed by atoms with Gasteiger partial charge in [-0.1, -0.05) is 0 Å². The molecule has 2 aromatic rings. The molecule has 0 saturated carbocycles. The summed E-state index contributed by atoms with van der Waals surface area (Å²) in [5, 5.41) is 0. The number of nitrogens with zero attached hydrogens (tertiary/aromatic N) is 4. The molecule has 26 heavy (non-hydrogen) atoms. The number of urea groups is 1. The maximum absolute atomic E-state index is 12.7. The molecule has 138 valence electrons. The molecule has 6 nitrogen and oxygen atoms in total. The molecule has 2 heterocycles. The largest absolute Gasteiger partial charge is 0.335 e. The zero-order chi connectivity index (χ0) is 18.5. The molecule has 3 rings (SSSR count). The molecule has 0 bridgehead atoms. The highest BCUT2D eigenvalue weighted by molar-refractivity contribution is 5.94. The van der Waals surface area contributed by atoms with Gasteiger partial charge in [-0.15, -0.1) is 0 Å². The van der Waals surface area contributed by atoms with Crippen LogP contribution in [0.4, 0.5) is 4.79 Å². The molecule has 0 unspecified atom stereocenters. The number of hydrogen-bond acceptors (Lipinski definition) is 2. The monoisotopic (exact) mass is 354 g/mol. The van der Waals surface area contributed by atoms with E-state index in [1.54, 1.807) is 0 Å². The van der Waals surface area contributed by atoms with E-state index in [0.29, 0.717) is 44.8 Å². The van der Waals surface area contributed by atoms with Crippen molar-refractivity contribution in [2.75, 3.05) is 39.3 Å². The van der Waals surface area contributed by atoms with Crippen LogP contribution in [0.25, 0.3) is 5.69 Å². The Bertz CT molecular complexity index is 728. The number of carbonyl (C=O) groups is 2. The minimum atomic E-state index is 0.0268.